The van der Waals surface area contributed by atoms with Gasteiger partial charge in [0.05, 0.1) is 15.8 Å². The number of pyridine rings is 1. The third-order valence-electron chi connectivity index (χ3n) is 4.15. The number of nitrogens with zero attached hydrogens (tertiary/aromatic N) is 3. The predicted molar refractivity (Wildman–Crippen MR) is 109 cm³/mol. The van der Waals surface area contributed by atoms with Crippen LogP contribution in [0.2, 0.25) is 0 Å². The first-order valence-electron chi connectivity index (χ1n) is 8.68. The number of benzene rings is 1. The lowest BCUT2D eigenvalue weighted by Crippen LogP contribution is -2.24. The maximum absolute atomic E-state index is 12.6. The molecule has 1 N–H and O–H groups in total. The number of thioether (sulfide) groups is 1. The molecule has 3 aromatic rings. The second-order valence-corrected chi connectivity index (χ2v) is 8.39. The first-order valence-corrected chi connectivity index (χ1v) is 10.4. The highest BCUT2D eigenvalue weighted by Gasteiger charge is 2.21. The molecular formula is C19H22N4OS2. The van der Waals surface area contributed by atoms with Gasteiger partial charge in [-0.15, -0.1) is 10.2 Å². The Balaban J connectivity index is 1.80. The van der Waals surface area contributed by atoms with E-state index in [9.17, 15) is 4.79 Å². The summed E-state index contributed by atoms with van der Waals surface area (Å²) >= 11 is 2.92. The minimum atomic E-state index is -0.225. The van der Waals surface area contributed by atoms with Crippen LogP contribution in [0.5, 0.6) is 0 Å². The van der Waals surface area contributed by atoms with Crippen LogP contribution in [0.15, 0.2) is 29.3 Å². The molecule has 26 heavy (non-hydrogen) atoms. The van der Waals surface area contributed by atoms with Crippen LogP contribution < -0.4 is 5.32 Å². The second kappa shape index (κ2) is 8.14. The molecule has 136 valence electrons. The first kappa shape index (κ1) is 18.8. The molecule has 0 aliphatic heterocycles. The van der Waals surface area contributed by atoms with Crippen LogP contribution in [0, 0.1) is 13.8 Å². The van der Waals surface area contributed by atoms with Crippen molar-refractivity contribution in [1.29, 1.82) is 0 Å². The van der Waals surface area contributed by atoms with Gasteiger partial charge in [-0.3, -0.25) is 10.1 Å². The molecule has 1 aromatic carbocycles. The molecule has 1 amide bonds. The normalized spacial score (nSPS) is 12.3. The van der Waals surface area contributed by atoms with Crippen LogP contribution in [0.3, 0.4) is 0 Å². The van der Waals surface area contributed by atoms with E-state index in [4.69, 9.17) is 4.98 Å². The molecule has 5 nitrogen and oxygen atoms in total. The Bertz CT molecular complexity index is 938. The van der Waals surface area contributed by atoms with Crippen LogP contribution >= 0.6 is 23.1 Å². The number of rotatable bonds is 6. The van der Waals surface area contributed by atoms with Crippen molar-refractivity contribution >= 4 is 45.0 Å². The van der Waals surface area contributed by atoms with E-state index < -0.39 is 0 Å². The smallest absolute Gasteiger partial charge is 0.239 e. The summed E-state index contributed by atoms with van der Waals surface area (Å²) in [4.78, 5) is 17.4. The van der Waals surface area contributed by atoms with E-state index >= 15 is 0 Å². The first-order chi connectivity index (χ1) is 12.5. The minimum absolute atomic E-state index is 0.0550. The van der Waals surface area contributed by atoms with Crippen molar-refractivity contribution in [3.8, 4) is 0 Å². The summed E-state index contributed by atoms with van der Waals surface area (Å²) < 4.78 is 0. The quantitative estimate of drug-likeness (QED) is 0.618. The van der Waals surface area contributed by atoms with Crippen molar-refractivity contribution in [1.82, 2.24) is 15.2 Å². The summed E-state index contributed by atoms with van der Waals surface area (Å²) in [5.41, 5.74) is 3.32. The highest BCUT2D eigenvalue weighted by Crippen LogP contribution is 2.30. The number of carbonyl (C=O) groups excluding carboxylic acids is 1. The van der Waals surface area contributed by atoms with E-state index in [2.05, 4.69) is 47.6 Å². The molecular weight excluding hydrogens is 364 g/mol. The van der Waals surface area contributed by atoms with E-state index in [-0.39, 0.29) is 11.2 Å². The minimum Gasteiger partial charge on any atom is -0.300 e. The van der Waals surface area contributed by atoms with Crippen LogP contribution in [-0.4, -0.2) is 26.3 Å². The van der Waals surface area contributed by atoms with E-state index in [1.165, 1.54) is 28.7 Å². The molecule has 0 radical (unpaired) electrons. The van der Waals surface area contributed by atoms with Gasteiger partial charge in [0.15, 0.2) is 0 Å². The number of amides is 1. The Morgan fingerprint density at radius 2 is 2.04 bits per heavy atom. The number of fused-ring (bicyclic) bond motifs is 1. The zero-order chi connectivity index (χ0) is 18.7. The van der Waals surface area contributed by atoms with E-state index in [0.717, 1.165) is 32.9 Å². The van der Waals surface area contributed by atoms with Crippen molar-refractivity contribution < 1.29 is 4.79 Å². The predicted octanol–water partition coefficient (Wildman–Crippen LogP) is 4.77. The molecule has 0 saturated heterocycles. The Morgan fingerprint density at radius 1 is 1.23 bits per heavy atom. The average Bonchev–Trinajstić information content (AvgIpc) is 3.08. The zero-order valence-corrected chi connectivity index (χ0v) is 17.0. The highest BCUT2D eigenvalue weighted by molar-refractivity contribution is 8.00. The topological polar surface area (TPSA) is 67.8 Å². The fourth-order valence-corrected chi connectivity index (χ4v) is 4.39. The van der Waals surface area contributed by atoms with Gasteiger partial charge in [-0.1, -0.05) is 55.1 Å². The number of hydrogen-bond donors (Lipinski definition) is 1. The molecule has 3 rings (SSSR count). The van der Waals surface area contributed by atoms with Crippen molar-refractivity contribution in [2.45, 2.75) is 50.8 Å². The standard InChI is InChI=1S/C19H22N4OS2/c1-5-14(18(24)21-19-23-22-15(6-2)26-19)25-16-10-12(4)13-9-7-8-11(3)17(13)20-16/h7-10,14H,5-6H2,1-4H3,(H,21,23,24). The fraction of sp³-hybridized carbons (Fsp3) is 0.368. The molecule has 0 saturated carbocycles. The van der Waals surface area contributed by atoms with Crippen LogP contribution in [-0.2, 0) is 11.2 Å². The van der Waals surface area contributed by atoms with Gasteiger partial charge in [0.2, 0.25) is 11.0 Å². The van der Waals surface area contributed by atoms with Crippen molar-refractivity contribution in [3.63, 3.8) is 0 Å². The van der Waals surface area contributed by atoms with E-state index in [0.29, 0.717) is 11.6 Å². The molecule has 0 fully saturated rings. The molecule has 0 bridgehead atoms. The summed E-state index contributed by atoms with van der Waals surface area (Å²) in [6.07, 6.45) is 1.53. The molecule has 1 atom stereocenters. The Labute approximate surface area is 161 Å². The number of carbonyl (C=O) groups is 1. The largest absolute Gasteiger partial charge is 0.300 e. The lowest BCUT2D eigenvalue weighted by molar-refractivity contribution is -0.115. The number of aryl methyl sites for hydroxylation is 3. The summed E-state index contributed by atoms with van der Waals surface area (Å²) in [7, 11) is 0. The van der Waals surface area contributed by atoms with Gasteiger partial charge in [-0.25, -0.2) is 4.98 Å². The Kier molecular flexibility index (Phi) is 5.88. The van der Waals surface area contributed by atoms with Crippen molar-refractivity contribution in [3.05, 3.63) is 40.4 Å². The number of anilines is 1. The van der Waals surface area contributed by atoms with Crippen LogP contribution in [0.4, 0.5) is 5.13 Å². The molecule has 2 heterocycles. The summed E-state index contributed by atoms with van der Waals surface area (Å²) in [5.74, 6) is -0.0550. The maximum Gasteiger partial charge on any atom is 0.239 e. The van der Waals surface area contributed by atoms with E-state index in [1.807, 2.05) is 19.9 Å². The molecule has 7 heteroatoms. The fourth-order valence-electron chi connectivity index (χ4n) is 2.69. The van der Waals surface area contributed by atoms with E-state index in [1.54, 1.807) is 0 Å². The van der Waals surface area contributed by atoms with Gasteiger partial charge in [-0.05, 0) is 43.9 Å². The van der Waals surface area contributed by atoms with Gasteiger partial charge in [0, 0.05) is 5.39 Å². The van der Waals surface area contributed by atoms with Gasteiger partial charge < -0.3 is 0 Å². The highest BCUT2D eigenvalue weighted by atomic mass is 32.2. The molecule has 0 aliphatic carbocycles. The summed E-state index contributed by atoms with van der Waals surface area (Å²) in [5, 5.41) is 14.3. The lowest BCUT2D eigenvalue weighted by Gasteiger charge is -2.14. The van der Waals surface area contributed by atoms with Crippen LogP contribution in [0.1, 0.15) is 36.4 Å². The molecule has 0 spiro atoms. The Hall–Kier alpha value is -1.99. The number of aromatic nitrogens is 3. The summed E-state index contributed by atoms with van der Waals surface area (Å²) in [6.45, 7) is 8.18. The van der Waals surface area contributed by atoms with Crippen LogP contribution in [0.25, 0.3) is 10.9 Å². The lowest BCUT2D eigenvalue weighted by atomic mass is 10.1. The number of para-hydroxylation sites is 1. The molecule has 2 aromatic heterocycles. The van der Waals surface area contributed by atoms with Crippen molar-refractivity contribution in [2.24, 2.45) is 0 Å². The Morgan fingerprint density at radius 3 is 2.73 bits per heavy atom. The SMILES string of the molecule is CCc1nnc(NC(=O)C(CC)Sc2cc(C)c3cccc(C)c3n2)s1. The van der Waals surface area contributed by atoms with Crippen molar-refractivity contribution in [2.75, 3.05) is 5.32 Å². The van der Waals surface area contributed by atoms with Gasteiger partial charge in [-0.2, -0.15) is 0 Å². The average molecular weight is 387 g/mol. The zero-order valence-electron chi connectivity index (χ0n) is 15.4. The number of nitrogens with one attached hydrogen (secondary N) is 1. The maximum atomic E-state index is 12.6. The number of hydrogen-bond acceptors (Lipinski definition) is 6. The monoisotopic (exact) mass is 386 g/mol. The molecule has 1 unspecified atom stereocenters. The van der Waals surface area contributed by atoms with Gasteiger partial charge >= 0.3 is 0 Å². The van der Waals surface area contributed by atoms with Gasteiger partial charge in [0.1, 0.15) is 5.01 Å². The summed E-state index contributed by atoms with van der Waals surface area (Å²) in [6, 6.07) is 8.26. The second-order valence-electron chi connectivity index (χ2n) is 6.11. The molecule has 0 aliphatic rings. The van der Waals surface area contributed by atoms with Gasteiger partial charge in [0.25, 0.3) is 0 Å². The third kappa shape index (κ3) is 4.04. The third-order valence-corrected chi connectivity index (χ3v) is 6.42.